The predicted octanol–water partition coefficient (Wildman–Crippen LogP) is 2.64. The minimum absolute atomic E-state index is 0.0469. The molecule has 2 N–H and O–H groups in total. The van der Waals surface area contributed by atoms with Crippen LogP contribution in [0.15, 0.2) is 44.4 Å². The molecule has 2 amide bonds. The molecule has 0 saturated heterocycles. The molecule has 0 aliphatic carbocycles. The van der Waals surface area contributed by atoms with Crippen LogP contribution in [0.4, 0.5) is 4.39 Å². The van der Waals surface area contributed by atoms with Gasteiger partial charge < -0.3 is 8.83 Å². The molecule has 10 heteroatoms. The first kappa shape index (κ1) is 18.6. The first-order valence-corrected chi connectivity index (χ1v) is 8.79. The second-order valence-corrected chi connectivity index (χ2v) is 6.42. The topological polar surface area (TPSA) is 110 Å². The van der Waals surface area contributed by atoms with Crippen molar-refractivity contribution in [2.24, 2.45) is 0 Å². The zero-order chi connectivity index (χ0) is 19.4. The quantitative estimate of drug-likeness (QED) is 0.509. The molecule has 0 aliphatic rings. The highest BCUT2D eigenvalue weighted by Gasteiger charge is 2.15. The standard InChI is InChI=1S/C17H15FN4O4S/c1-9-7-13(10(2)25-9)15(24)20-19-14(23)8-27-17-22-21-16(26-17)11-3-5-12(18)6-4-11/h3-7H,8H2,1-2H3,(H,19,23)(H,20,24). The van der Waals surface area contributed by atoms with Gasteiger partial charge in [0.25, 0.3) is 11.1 Å². The number of thioether (sulfide) groups is 1. The molecule has 0 bridgehead atoms. The van der Waals surface area contributed by atoms with Gasteiger partial charge in [0, 0.05) is 5.56 Å². The van der Waals surface area contributed by atoms with E-state index < -0.39 is 11.8 Å². The third kappa shape index (κ3) is 4.73. The molecule has 2 heterocycles. The van der Waals surface area contributed by atoms with Crippen LogP contribution in [0.25, 0.3) is 11.5 Å². The van der Waals surface area contributed by atoms with Crippen LogP contribution in [0.1, 0.15) is 21.9 Å². The van der Waals surface area contributed by atoms with Gasteiger partial charge in [-0.1, -0.05) is 11.8 Å². The molecule has 1 aromatic carbocycles. The molecular weight excluding hydrogens is 375 g/mol. The lowest BCUT2D eigenvalue weighted by molar-refractivity contribution is -0.119. The van der Waals surface area contributed by atoms with E-state index in [1.165, 1.54) is 24.3 Å². The van der Waals surface area contributed by atoms with Crippen molar-refractivity contribution in [3.05, 3.63) is 53.2 Å². The fourth-order valence-electron chi connectivity index (χ4n) is 2.19. The van der Waals surface area contributed by atoms with Gasteiger partial charge in [-0.3, -0.25) is 20.4 Å². The number of hydrogen-bond donors (Lipinski definition) is 2. The average Bonchev–Trinajstić information content (AvgIpc) is 3.24. The number of benzene rings is 1. The first-order valence-electron chi connectivity index (χ1n) is 7.81. The largest absolute Gasteiger partial charge is 0.466 e. The maximum absolute atomic E-state index is 12.9. The molecule has 3 aromatic rings. The van der Waals surface area contributed by atoms with Crippen molar-refractivity contribution >= 4 is 23.6 Å². The minimum atomic E-state index is -0.473. The van der Waals surface area contributed by atoms with Gasteiger partial charge in [-0.25, -0.2) is 4.39 Å². The summed E-state index contributed by atoms with van der Waals surface area (Å²) in [5, 5.41) is 7.84. The fraction of sp³-hybridized carbons (Fsp3) is 0.176. The number of hydrazine groups is 1. The molecule has 0 spiro atoms. The Morgan fingerprint density at radius 2 is 1.85 bits per heavy atom. The molecule has 27 heavy (non-hydrogen) atoms. The van der Waals surface area contributed by atoms with E-state index >= 15 is 0 Å². The van der Waals surface area contributed by atoms with Crippen molar-refractivity contribution in [3.63, 3.8) is 0 Å². The molecule has 0 unspecified atom stereocenters. The van der Waals surface area contributed by atoms with Gasteiger partial charge in [-0.2, -0.15) is 0 Å². The van der Waals surface area contributed by atoms with Crippen molar-refractivity contribution in [1.82, 2.24) is 21.0 Å². The maximum atomic E-state index is 12.9. The van der Waals surface area contributed by atoms with Crippen molar-refractivity contribution in [2.75, 3.05) is 5.75 Å². The van der Waals surface area contributed by atoms with E-state index in [2.05, 4.69) is 21.0 Å². The van der Waals surface area contributed by atoms with Crippen LogP contribution in [0.2, 0.25) is 0 Å². The SMILES string of the molecule is Cc1cc(C(=O)NNC(=O)CSc2nnc(-c3ccc(F)cc3)o2)c(C)o1. The summed E-state index contributed by atoms with van der Waals surface area (Å²) in [5.74, 6) is -0.0498. The zero-order valence-corrected chi connectivity index (χ0v) is 15.2. The molecule has 0 atom stereocenters. The lowest BCUT2D eigenvalue weighted by Gasteiger charge is -2.05. The smallest absolute Gasteiger partial charge is 0.277 e. The van der Waals surface area contributed by atoms with Gasteiger partial charge in [0.05, 0.1) is 11.3 Å². The summed E-state index contributed by atoms with van der Waals surface area (Å²) in [6.07, 6.45) is 0. The van der Waals surface area contributed by atoms with Gasteiger partial charge in [0.2, 0.25) is 11.8 Å². The summed E-state index contributed by atoms with van der Waals surface area (Å²) in [4.78, 5) is 23.8. The monoisotopic (exact) mass is 390 g/mol. The molecule has 0 saturated carbocycles. The molecule has 3 rings (SSSR count). The minimum Gasteiger partial charge on any atom is -0.466 e. The molecule has 2 aromatic heterocycles. The number of nitrogens with one attached hydrogen (secondary N) is 2. The first-order chi connectivity index (χ1) is 12.9. The molecule has 0 aliphatic heterocycles. The van der Waals surface area contributed by atoms with Crippen LogP contribution < -0.4 is 10.9 Å². The molecular formula is C17H15FN4O4S. The van der Waals surface area contributed by atoms with E-state index in [0.29, 0.717) is 22.6 Å². The highest BCUT2D eigenvalue weighted by molar-refractivity contribution is 7.99. The number of aryl methyl sites for hydroxylation is 2. The van der Waals surface area contributed by atoms with Crippen LogP contribution in [0.5, 0.6) is 0 Å². The van der Waals surface area contributed by atoms with Crippen LogP contribution in [0.3, 0.4) is 0 Å². The Hall–Kier alpha value is -3.14. The van der Waals surface area contributed by atoms with Crippen molar-refractivity contribution in [3.8, 4) is 11.5 Å². The van der Waals surface area contributed by atoms with Gasteiger partial charge in [-0.05, 0) is 44.2 Å². The average molecular weight is 390 g/mol. The predicted molar refractivity (Wildman–Crippen MR) is 94.2 cm³/mol. The van der Waals surface area contributed by atoms with Gasteiger partial charge in [0.15, 0.2) is 0 Å². The number of aromatic nitrogens is 2. The number of carbonyl (C=O) groups excluding carboxylic acids is 2. The second-order valence-electron chi connectivity index (χ2n) is 5.50. The number of hydrogen-bond acceptors (Lipinski definition) is 7. The van der Waals surface area contributed by atoms with Gasteiger partial charge in [0.1, 0.15) is 17.3 Å². The summed E-state index contributed by atoms with van der Waals surface area (Å²) in [5.41, 5.74) is 5.53. The van der Waals surface area contributed by atoms with Gasteiger partial charge in [-0.15, -0.1) is 10.2 Å². The Bertz CT molecular complexity index is 968. The van der Waals surface area contributed by atoms with Crippen molar-refractivity contribution in [2.45, 2.75) is 19.1 Å². The van der Waals surface area contributed by atoms with E-state index in [1.54, 1.807) is 19.9 Å². The maximum Gasteiger partial charge on any atom is 0.277 e. The summed E-state index contributed by atoms with van der Waals surface area (Å²) in [6, 6.07) is 7.18. The normalized spacial score (nSPS) is 10.6. The summed E-state index contributed by atoms with van der Waals surface area (Å²) in [6.45, 7) is 3.39. The van der Waals surface area contributed by atoms with Crippen molar-refractivity contribution in [1.29, 1.82) is 0 Å². The number of carbonyl (C=O) groups is 2. The number of halogens is 1. The molecule has 8 nitrogen and oxygen atoms in total. The molecule has 140 valence electrons. The van der Waals surface area contributed by atoms with Crippen molar-refractivity contribution < 1.29 is 22.8 Å². The number of furan rings is 1. The number of amides is 2. The van der Waals surface area contributed by atoms with Crippen LogP contribution in [-0.4, -0.2) is 27.8 Å². The fourth-order valence-corrected chi connectivity index (χ4v) is 2.75. The van der Waals surface area contributed by atoms with Gasteiger partial charge >= 0.3 is 0 Å². The Labute approximate surface area is 157 Å². The van der Waals surface area contributed by atoms with E-state index in [0.717, 1.165) is 11.8 Å². The van der Waals surface area contributed by atoms with Crippen LogP contribution in [0, 0.1) is 19.7 Å². The van der Waals surface area contributed by atoms with Crippen LogP contribution >= 0.6 is 11.8 Å². The Morgan fingerprint density at radius 1 is 1.11 bits per heavy atom. The summed E-state index contributed by atoms with van der Waals surface area (Å²) >= 11 is 1.01. The lowest BCUT2D eigenvalue weighted by Crippen LogP contribution is -2.42. The third-order valence-corrected chi connectivity index (χ3v) is 4.24. The number of nitrogens with zero attached hydrogens (tertiary/aromatic N) is 2. The molecule has 0 radical (unpaired) electrons. The third-order valence-electron chi connectivity index (χ3n) is 3.43. The highest BCUT2D eigenvalue weighted by atomic mass is 32.2. The number of rotatable bonds is 5. The highest BCUT2D eigenvalue weighted by Crippen LogP contribution is 2.23. The summed E-state index contributed by atoms with van der Waals surface area (Å²) < 4.78 is 23.6. The zero-order valence-electron chi connectivity index (χ0n) is 14.4. The van der Waals surface area contributed by atoms with E-state index in [4.69, 9.17) is 8.83 Å². The Kier molecular flexibility index (Phi) is 5.55. The van der Waals surface area contributed by atoms with E-state index in [-0.39, 0.29) is 22.7 Å². The Morgan fingerprint density at radius 3 is 2.52 bits per heavy atom. The van der Waals surface area contributed by atoms with E-state index in [1.807, 2.05) is 0 Å². The lowest BCUT2D eigenvalue weighted by atomic mass is 10.2. The van der Waals surface area contributed by atoms with Crippen LogP contribution in [-0.2, 0) is 4.79 Å². The summed E-state index contributed by atoms with van der Waals surface area (Å²) in [7, 11) is 0. The Balaban J connectivity index is 1.49. The second kappa shape index (κ2) is 8.04. The van der Waals surface area contributed by atoms with E-state index in [9.17, 15) is 14.0 Å². The molecule has 0 fully saturated rings.